The monoisotopic (exact) mass is 465 g/mol. The average molecular weight is 465 g/mol. The van der Waals surface area contributed by atoms with E-state index in [9.17, 15) is 29.3 Å². The highest BCUT2D eigenvalue weighted by Gasteiger charge is 2.40. The first-order valence-corrected chi connectivity index (χ1v) is 10.8. The summed E-state index contributed by atoms with van der Waals surface area (Å²) in [6.45, 7) is 2.75. The summed E-state index contributed by atoms with van der Waals surface area (Å²) in [4.78, 5) is 65.4. The quantitative estimate of drug-likeness (QED) is 0.389. The van der Waals surface area contributed by atoms with Gasteiger partial charge in [-0.25, -0.2) is 0 Å². The third-order valence-corrected chi connectivity index (χ3v) is 5.94. The number of imide groups is 1. The Labute approximate surface area is 195 Å². The van der Waals surface area contributed by atoms with Gasteiger partial charge in [0.05, 0.1) is 10.5 Å². The summed E-state index contributed by atoms with van der Waals surface area (Å²) >= 11 is 0. The van der Waals surface area contributed by atoms with Crippen molar-refractivity contribution in [1.29, 1.82) is 0 Å². The van der Waals surface area contributed by atoms with Gasteiger partial charge in [0.25, 0.3) is 23.4 Å². The highest BCUT2D eigenvalue weighted by molar-refractivity contribution is 6.23. The SMILES string of the molecule is CN1CCN(C(=O)c2ccc(NC(=O)CCN3C(=O)c4cccc([N+](=O)[O-])c4C3=O)cc2)CC1. The van der Waals surface area contributed by atoms with Crippen LogP contribution in [0.15, 0.2) is 42.5 Å². The van der Waals surface area contributed by atoms with E-state index in [1.54, 1.807) is 29.2 Å². The van der Waals surface area contributed by atoms with E-state index in [0.29, 0.717) is 24.3 Å². The first kappa shape index (κ1) is 23.1. The van der Waals surface area contributed by atoms with Gasteiger partial charge in [-0.2, -0.15) is 0 Å². The first-order valence-electron chi connectivity index (χ1n) is 10.8. The van der Waals surface area contributed by atoms with Crippen LogP contribution in [0.2, 0.25) is 0 Å². The highest BCUT2D eigenvalue weighted by Crippen LogP contribution is 2.30. The van der Waals surface area contributed by atoms with E-state index < -0.39 is 28.3 Å². The summed E-state index contributed by atoms with van der Waals surface area (Å²) in [5.41, 5.74) is 0.265. The molecule has 11 heteroatoms. The van der Waals surface area contributed by atoms with E-state index in [1.165, 1.54) is 18.2 Å². The van der Waals surface area contributed by atoms with Crippen LogP contribution in [0.3, 0.4) is 0 Å². The fourth-order valence-electron chi connectivity index (χ4n) is 4.00. The summed E-state index contributed by atoms with van der Waals surface area (Å²) in [7, 11) is 2.01. The minimum atomic E-state index is -0.785. The van der Waals surface area contributed by atoms with Crippen LogP contribution in [0, 0.1) is 10.1 Å². The molecule has 4 rings (SSSR count). The maximum Gasteiger partial charge on any atom is 0.282 e. The number of nitrogens with zero attached hydrogens (tertiary/aromatic N) is 4. The van der Waals surface area contributed by atoms with Crippen LogP contribution in [0.5, 0.6) is 0 Å². The zero-order valence-corrected chi connectivity index (χ0v) is 18.5. The smallest absolute Gasteiger partial charge is 0.282 e. The summed E-state index contributed by atoms with van der Waals surface area (Å²) in [5, 5.41) is 13.9. The number of benzene rings is 2. The standard InChI is InChI=1S/C23H23N5O6/c1-25-11-13-26(14-12-25)21(30)15-5-7-16(8-6-15)24-19(29)9-10-27-22(31)17-3-2-4-18(28(33)34)20(17)23(27)32/h2-8H,9-14H2,1H3,(H,24,29). The van der Waals surface area contributed by atoms with Crippen molar-refractivity contribution in [3.8, 4) is 0 Å². The lowest BCUT2D eigenvalue weighted by molar-refractivity contribution is -0.385. The van der Waals surface area contributed by atoms with Crippen LogP contribution in [-0.4, -0.2) is 83.0 Å². The molecule has 0 aliphatic carbocycles. The molecule has 0 atom stereocenters. The van der Waals surface area contributed by atoms with Crippen molar-refractivity contribution in [1.82, 2.24) is 14.7 Å². The molecule has 2 heterocycles. The lowest BCUT2D eigenvalue weighted by atomic mass is 10.1. The minimum Gasteiger partial charge on any atom is -0.336 e. The Morgan fingerprint density at radius 1 is 1.00 bits per heavy atom. The van der Waals surface area contributed by atoms with Crippen molar-refractivity contribution >= 4 is 35.0 Å². The molecular weight excluding hydrogens is 442 g/mol. The zero-order chi connectivity index (χ0) is 24.4. The largest absolute Gasteiger partial charge is 0.336 e. The number of piperazine rings is 1. The summed E-state index contributed by atoms with van der Waals surface area (Å²) in [6, 6.07) is 10.4. The number of hydrogen-bond acceptors (Lipinski definition) is 7. The highest BCUT2D eigenvalue weighted by atomic mass is 16.6. The van der Waals surface area contributed by atoms with Gasteiger partial charge < -0.3 is 15.1 Å². The fourth-order valence-corrected chi connectivity index (χ4v) is 4.00. The molecule has 1 fully saturated rings. The Kier molecular flexibility index (Phi) is 6.37. The van der Waals surface area contributed by atoms with Crippen LogP contribution in [0.25, 0.3) is 0 Å². The molecule has 0 saturated carbocycles. The van der Waals surface area contributed by atoms with Gasteiger partial charge in [-0.1, -0.05) is 6.07 Å². The number of carbonyl (C=O) groups is 4. The molecule has 11 nitrogen and oxygen atoms in total. The van der Waals surface area contributed by atoms with Crippen LogP contribution in [-0.2, 0) is 4.79 Å². The summed E-state index contributed by atoms with van der Waals surface area (Å²) in [5.74, 6) is -1.95. The van der Waals surface area contributed by atoms with E-state index in [-0.39, 0.29) is 30.0 Å². The third-order valence-electron chi connectivity index (χ3n) is 5.94. The number of anilines is 1. The Morgan fingerprint density at radius 3 is 2.32 bits per heavy atom. The number of nitro benzene ring substituents is 1. The van der Waals surface area contributed by atoms with Crippen molar-refractivity contribution < 1.29 is 24.1 Å². The molecule has 0 unspecified atom stereocenters. The number of likely N-dealkylation sites (N-methyl/N-ethyl adjacent to an activating group) is 1. The molecule has 0 radical (unpaired) electrons. The second-order valence-electron chi connectivity index (χ2n) is 8.19. The second-order valence-corrected chi connectivity index (χ2v) is 8.19. The van der Waals surface area contributed by atoms with Gasteiger partial charge in [0, 0.05) is 56.5 Å². The minimum absolute atomic E-state index is 0.0415. The molecule has 2 aliphatic rings. The van der Waals surface area contributed by atoms with Crippen molar-refractivity contribution in [2.24, 2.45) is 0 Å². The lowest BCUT2D eigenvalue weighted by Crippen LogP contribution is -2.47. The van der Waals surface area contributed by atoms with Gasteiger partial charge >= 0.3 is 0 Å². The second kappa shape index (κ2) is 9.40. The van der Waals surface area contributed by atoms with Crippen LogP contribution in [0.4, 0.5) is 11.4 Å². The van der Waals surface area contributed by atoms with Crippen LogP contribution in [0.1, 0.15) is 37.5 Å². The maximum absolute atomic E-state index is 12.6. The molecule has 0 bridgehead atoms. The Hall–Kier alpha value is -4.12. The number of hydrogen-bond donors (Lipinski definition) is 1. The molecule has 176 valence electrons. The van der Waals surface area contributed by atoms with Gasteiger partial charge in [0.15, 0.2) is 0 Å². The molecule has 0 spiro atoms. The normalized spacial score (nSPS) is 15.9. The van der Waals surface area contributed by atoms with E-state index in [0.717, 1.165) is 18.0 Å². The fraction of sp³-hybridized carbons (Fsp3) is 0.304. The predicted molar refractivity (Wildman–Crippen MR) is 122 cm³/mol. The maximum atomic E-state index is 12.6. The first-order chi connectivity index (χ1) is 16.3. The average Bonchev–Trinajstić information content (AvgIpc) is 3.07. The number of fused-ring (bicyclic) bond motifs is 1. The van der Waals surface area contributed by atoms with Crippen LogP contribution >= 0.6 is 0 Å². The molecule has 2 aromatic rings. The summed E-state index contributed by atoms with van der Waals surface area (Å²) < 4.78 is 0. The predicted octanol–water partition coefficient (Wildman–Crippen LogP) is 1.61. The van der Waals surface area contributed by atoms with E-state index in [1.807, 2.05) is 7.05 Å². The van der Waals surface area contributed by atoms with Crippen molar-refractivity contribution in [3.63, 3.8) is 0 Å². The van der Waals surface area contributed by atoms with Crippen molar-refractivity contribution in [3.05, 3.63) is 69.3 Å². The van der Waals surface area contributed by atoms with Crippen molar-refractivity contribution in [2.75, 3.05) is 45.1 Å². The molecule has 1 N–H and O–H groups in total. The molecule has 4 amide bonds. The van der Waals surface area contributed by atoms with Gasteiger partial charge in [-0.3, -0.25) is 34.2 Å². The van der Waals surface area contributed by atoms with E-state index in [2.05, 4.69) is 10.2 Å². The van der Waals surface area contributed by atoms with E-state index >= 15 is 0 Å². The molecule has 34 heavy (non-hydrogen) atoms. The topological polar surface area (TPSA) is 133 Å². The van der Waals surface area contributed by atoms with Gasteiger partial charge in [-0.05, 0) is 37.4 Å². The van der Waals surface area contributed by atoms with Crippen LogP contribution < -0.4 is 5.32 Å². The Balaban J connectivity index is 1.33. The Morgan fingerprint density at radius 2 is 1.68 bits per heavy atom. The van der Waals surface area contributed by atoms with Gasteiger partial charge in [-0.15, -0.1) is 0 Å². The molecular formula is C23H23N5O6. The Bertz CT molecular complexity index is 1170. The number of carbonyl (C=O) groups excluding carboxylic acids is 4. The van der Waals surface area contributed by atoms with E-state index in [4.69, 9.17) is 0 Å². The molecule has 2 aliphatic heterocycles. The van der Waals surface area contributed by atoms with Gasteiger partial charge in [0.1, 0.15) is 5.56 Å². The number of rotatable bonds is 6. The van der Waals surface area contributed by atoms with Crippen molar-refractivity contribution in [2.45, 2.75) is 6.42 Å². The zero-order valence-electron chi connectivity index (χ0n) is 18.5. The molecule has 2 aromatic carbocycles. The van der Waals surface area contributed by atoms with Gasteiger partial charge in [0.2, 0.25) is 5.91 Å². The number of amides is 4. The number of nitrogens with one attached hydrogen (secondary N) is 1. The molecule has 1 saturated heterocycles. The summed E-state index contributed by atoms with van der Waals surface area (Å²) in [6.07, 6.45) is -0.179. The number of nitro groups is 1. The lowest BCUT2D eigenvalue weighted by Gasteiger charge is -2.32. The molecule has 0 aromatic heterocycles. The third kappa shape index (κ3) is 4.50.